The van der Waals surface area contributed by atoms with E-state index in [1.807, 2.05) is 36.4 Å². The van der Waals surface area contributed by atoms with E-state index < -0.39 is 40.7 Å². The molecule has 1 amide bonds. The molecule has 0 aliphatic rings. The maximum Gasteiger partial charge on any atom is 0.408 e. The Bertz CT molecular complexity index is 1220. The van der Waals surface area contributed by atoms with Crippen molar-refractivity contribution < 1.29 is 23.1 Å². The third kappa shape index (κ3) is 6.97. The quantitative estimate of drug-likeness (QED) is 0.383. The number of nitriles is 1. The monoisotopic (exact) mass is 476 g/mol. The molecule has 1 atom stereocenters. The first kappa shape index (κ1) is 25.6. The Morgan fingerprint density at radius 3 is 2.00 bits per heavy atom. The van der Waals surface area contributed by atoms with Gasteiger partial charge in [-0.05, 0) is 68.1 Å². The van der Waals surface area contributed by atoms with Gasteiger partial charge in [-0.25, -0.2) is 13.6 Å². The van der Waals surface area contributed by atoms with E-state index in [-0.39, 0.29) is 12.8 Å². The van der Waals surface area contributed by atoms with Crippen LogP contribution in [0.3, 0.4) is 0 Å². The molecule has 0 radical (unpaired) electrons. The fraction of sp³-hybridized carbons (Fsp3) is 0.250. The highest BCUT2D eigenvalue weighted by Gasteiger charge is 2.23. The first-order chi connectivity index (χ1) is 16.6. The predicted octanol–water partition coefficient (Wildman–Crippen LogP) is 6.73. The van der Waals surface area contributed by atoms with Crippen LogP contribution in [-0.2, 0) is 4.74 Å². The third-order valence-corrected chi connectivity index (χ3v) is 5.25. The number of halogens is 2. The van der Waals surface area contributed by atoms with Crippen LogP contribution < -0.4 is 5.32 Å². The molecular weight excluding hydrogens is 450 g/mol. The number of benzene rings is 3. The second-order valence-corrected chi connectivity index (χ2v) is 9.07. The number of rotatable bonds is 7. The minimum atomic E-state index is -0.918. The van der Waals surface area contributed by atoms with Crippen molar-refractivity contribution in [3.05, 3.63) is 95.1 Å². The van der Waals surface area contributed by atoms with Crippen molar-refractivity contribution in [2.45, 2.75) is 45.3 Å². The lowest BCUT2D eigenvalue weighted by atomic mass is 9.95. The molecule has 5 nitrogen and oxygen atoms in total. The van der Waals surface area contributed by atoms with Crippen LogP contribution >= 0.6 is 0 Å². The van der Waals surface area contributed by atoms with Crippen LogP contribution in [-0.4, -0.2) is 17.5 Å². The zero-order chi connectivity index (χ0) is 25.6. The van der Waals surface area contributed by atoms with Crippen LogP contribution in [0.1, 0.15) is 61.1 Å². The molecule has 3 aromatic rings. The molecule has 0 saturated heterocycles. The molecule has 0 bridgehead atoms. The van der Waals surface area contributed by atoms with Crippen molar-refractivity contribution in [2.75, 3.05) is 0 Å². The molecule has 3 aromatic carbocycles. The fourth-order valence-electron chi connectivity index (χ4n) is 3.58. The highest BCUT2D eigenvalue weighted by molar-refractivity contribution is 5.96. The second kappa shape index (κ2) is 10.9. The average molecular weight is 477 g/mol. The number of Topliss-reactive ketones (excluding diaryl/α,β-unsaturated/α-hetero) is 1. The topological polar surface area (TPSA) is 79.2 Å². The molecule has 0 aliphatic carbocycles. The van der Waals surface area contributed by atoms with Crippen LogP contribution in [0, 0.1) is 23.0 Å². The number of alkyl carbamates (subject to hydrolysis) is 1. The summed E-state index contributed by atoms with van der Waals surface area (Å²) in [6.45, 7) is 5.20. The molecule has 35 heavy (non-hydrogen) atoms. The Labute approximate surface area is 203 Å². The van der Waals surface area contributed by atoms with E-state index in [0.717, 1.165) is 23.3 Å². The molecule has 0 fully saturated rings. The Morgan fingerprint density at radius 1 is 0.943 bits per heavy atom. The van der Waals surface area contributed by atoms with Crippen LogP contribution in [0.15, 0.2) is 66.7 Å². The summed E-state index contributed by atoms with van der Waals surface area (Å²) in [6, 6.07) is 19.2. The van der Waals surface area contributed by atoms with Crippen LogP contribution in [0.5, 0.6) is 0 Å². The highest BCUT2D eigenvalue weighted by atomic mass is 19.1. The summed E-state index contributed by atoms with van der Waals surface area (Å²) in [7, 11) is 0. The van der Waals surface area contributed by atoms with Crippen LogP contribution in [0.4, 0.5) is 13.6 Å². The summed E-state index contributed by atoms with van der Waals surface area (Å²) >= 11 is 0. The first-order valence-corrected chi connectivity index (χ1v) is 11.1. The zero-order valence-electron chi connectivity index (χ0n) is 19.8. The lowest BCUT2D eigenvalue weighted by molar-refractivity contribution is 0.0498. The van der Waals surface area contributed by atoms with E-state index in [2.05, 4.69) is 11.4 Å². The summed E-state index contributed by atoms with van der Waals surface area (Å²) in [6.07, 6.45) is -0.735. The minimum Gasteiger partial charge on any atom is -0.444 e. The van der Waals surface area contributed by atoms with Crippen molar-refractivity contribution in [1.82, 2.24) is 5.32 Å². The van der Waals surface area contributed by atoms with Gasteiger partial charge < -0.3 is 10.1 Å². The predicted molar refractivity (Wildman–Crippen MR) is 129 cm³/mol. The summed E-state index contributed by atoms with van der Waals surface area (Å²) in [5.74, 6) is -2.53. The molecule has 3 rings (SSSR count). The molecule has 180 valence electrons. The summed E-state index contributed by atoms with van der Waals surface area (Å²) in [4.78, 5) is 25.0. The van der Waals surface area contributed by atoms with E-state index >= 15 is 0 Å². The van der Waals surface area contributed by atoms with Gasteiger partial charge in [0, 0.05) is 6.42 Å². The van der Waals surface area contributed by atoms with Crippen LogP contribution in [0.2, 0.25) is 0 Å². The molecule has 1 N–H and O–H groups in total. The Balaban J connectivity index is 1.81. The van der Waals surface area contributed by atoms with E-state index in [1.165, 1.54) is 6.07 Å². The lowest BCUT2D eigenvalue weighted by Crippen LogP contribution is -2.35. The summed E-state index contributed by atoms with van der Waals surface area (Å²) in [5.41, 5.74) is 1.77. The number of carbonyl (C=O) groups excluding carboxylic acids is 2. The normalized spacial score (nSPS) is 11.9. The highest BCUT2D eigenvalue weighted by Crippen LogP contribution is 2.26. The van der Waals surface area contributed by atoms with Crippen LogP contribution in [0.25, 0.3) is 11.1 Å². The van der Waals surface area contributed by atoms with E-state index in [0.29, 0.717) is 11.1 Å². The molecule has 0 aromatic heterocycles. The number of hydrogen-bond acceptors (Lipinski definition) is 4. The smallest absolute Gasteiger partial charge is 0.408 e. The summed E-state index contributed by atoms with van der Waals surface area (Å²) < 4.78 is 33.4. The van der Waals surface area contributed by atoms with Crippen molar-refractivity contribution in [1.29, 1.82) is 5.26 Å². The Kier molecular flexibility index (Phi) is 7.98. The fourth-order valence-corrected chi connectivity index (χ4v) is 3.58. The van der Waals surface area contributed by atoms with Gasteiger partial charge in [-0.1, -0.05) is 42.5 Å². The van der Waals surface area contributed by atoms with Gasteiger partial charge in [0.1, 0.15) is 17.2 Å². The molecule has 0 aliphatic heterocycles. The standard InChI is InChI=1S/C28H26F2N2O3/c1-28(2,3)35-27(34)32-24(15-16-25(33)26-22(29)5-4-6-23(26)30)21-13-11-20(12-14-21)19-9-7-18(17-31)8-10-19/h4-14,24H,15-16H2,1-3H3,(H,32,34)/t24-/m1/s1. The van der Waals surface area contributed by atoms with Gasteiger partial charge >= 0.3 is 6.09 Å². The van der Waals surface area contributed by atoms with E-state index in [9.17, 15) is 18.4 Å². The molecular formula is C28H26F2N2O3. The SMILES string of the molecule is CC(C)(C)OC(=O)N[C@H](CCC(=O)c1c(F)cccc1F)c1ccc(-c2ccc(C#N)cc2)cc1. The van der Waals surface area contributed by atoms with Gasteiger partial charge in [0.05, 0.1) is 23.2 Å². The number of nitrogens with zero attached hydrogens (tertiary/aromatic N) is 1. The largest absolute Gasteiger partial charge is 0.444 e. The number of amides is 1. The van der Waals surface area contributed by atoms with Crippen molar-refractivity contribution in [3.63, 3.8) is 0 Å². The van der Waals surface area contributed by atoms with Gasteiger partial charge in [-0.2, -0.15) is 5.26 Å². The maximum absolute atomic E-state index is 14.0. The van der Waals surface area contributed by atoms with Gasteiger partial charge in [0.15, 0.2) is 5.78 Å². The number of hydrogen-bond donors (Lipinski definition) is 1. The summed E-state index contributed by atoms with van der Waals surface area (Å²) in [5, 5.41) is 11.7. The maximum atomic E-state index is 14.0. The van der Waals surface area contributed by atoms with Crippen molar-refractivity contribution in [3.8, 4) is 17.2 Å². The van der Waals surface area contributed by atoms with Gasteiger partial charge in [-0.15, -0.1) is 0 Å². The Morgan fingerprint density at radius 2 is 1.49 bits per heavy atom. The van der Waals surface area contributed by atoms with Crippen molar-refractivity contribution in [2.24, 2.45) is 0 Å². The lowest BCUT2D eigenvalue weighted by Gasteiger charge is -2.24. The number of ether oxygens (including phenoxy) is 1. The number of nitrogens with one attached hydrogen (secondary N) is 1. The number of carbonyl (C=O) groups is 2. The van der Waals surface area contributed by atoms with Crippen molar-refractivity contribution >= 4 is 11.9 Å². The van der Waals surface area contributed by atoms with Gasteiger partial charge in [0.25, 0.3) is 0 Å². The number of ketones is 1. The molecule has 7 heteroatoms. The minimum absolute atomic E-state index is 0.113. The Hall–Kier alpha value is -4.05. The van der Waals surface area contributed by atoms with Gasteiger partial charge in [-0.3, -0.25) is 4.79 Å². The second-order valence-electron chi connectivity index (χ2n) is 9.07. The molecule has 0 spiro atoms. The molecule has 0 unspecified atom stereocenters. The zero-order valence-corrected chi connectivity index (χ0v) is 19.8. The third-order valence-electron chi connectivity index (χ3n) is 5.25. The van der Waals surface area contributed by atoms with E-state index in [4.69, 9.17) is 10.00 Å². The first-order valence-electron chi connectivity index (χ1n) is 11.1. The average Bonchev–Trinajstić information content (AvgIpc) is 2.80. The molecule has 0 saturated carbocycles. The van der Waals surface area contributed by atoms with E-state index in [1.54, 1.807) is 32.9 Å². The van der Waals surface area contributed by atoms with Gasteiger partial charge in [0.2, 0.25) is 0 Å². The molecule has 0 heterocycles.